The van der Waals surface area contributed by atoms with Crippen molar-refractivity contribution in [3.8, 4) is 17.6 Å². The Morgan fingerprint density at radius 1 is 1.10 bits per heavy atom. The Morgan fingerprint density at radius 3 is 2.55 bits per heavy atom. The average molecular weight is 423 g/mol. The summed E-state index contributed by atoms with van der Waals surface area (Å²) in [7, 11) is 3.05. The Hall–Kier alpha value is -3.83. The van der Waals surface area contributed by atoms with Gasteiger partial charge in [-0.1, -0.05) is 24.3 Å². The third kappa shape index (κ3) is 7.84. The van der Waals surface area contributed by atoms with E-state index in [9.17, 15) is 14.9 Å². The molecule has 0 saturated carbocycles. The van der Waals surface area contributed by atoms with Gasteiger partial charge in [-0.25, -0.2) is 0 Å². The fourth-order valence-electron chi connectivity index (χ4n) is 2.58. The first-order valence-electron chi connectivity index (χ1n) is 9.62. The molecule has 0 spiro atoms. The molecule has 0 radical (unpaired) electrons. The van der Waals surface area contributed by atoms with E-state index < -0.39 is 5.91 Å². The van der Waals surface area contributed by atoms with Crippen LogP contribution in [0.5, 0.6) is 11.5 Å². The van der Waals surface area contributed by atoms with Gasteiger partial charge in [-0.2, -0.15) is 5.26 Å². The van der Waals surface area contributed by atoms with E-state index in [0.29, 0.717) is 42.3 Å². The van der Waals surface area contributed by atoms with E-state index in [1.165, 1.54) is 13.2 Å². The van der Waals surface area contributed by atoms with Gasteiger partial charge in [0, 0.05) is 25.9 Å². The number of amides is 2. The van der Waals surface area contributed by atoms with Gasteiger partial charge < -0.3 is 24.8 Å². The van der Waals surface area contributed by atoms with Gasteiger partial charge in [0.1, 0.15) is 11.6 Å². The molecule has 2 rings (SSSR count). The molecule has 0 saturated heterocycles. The van der Waals surface area contributed by atoms with Gasteiger partial charge in [-0.15, -0.1) is 0 Å². The SMILES string of the molecule is COCCCNC(=O)/C(C#N)=C/c1ccc(OCC(=O)Nc2ccccc2)c(OC)c1. The minimum Gasteiger partial charge on any atom is -0.493 e. The topological polar surface area (TPSA) is 110 Å². The summed E-state index contributed by atoms with van der Waals surface area (Å²) in [5.74, 6) is -0.0333. The van der Waals surface area contributed by atoms with Crippen LogP contribution in [0.4, 0.5) is 5.69 Å². The molecule has 0 heterocycles. The van der Waals surface area contributed by atoms with Crippen LogP contribution in [0.25, 0.3) is 6.08 Å². The number of carbonyl (C=O) groups excluding carboxylic acids is 2. The highest BCUT2D eigenvalue weighted by Crippen LogP contribution is 2.29. The highest BCUT2D eigenvalue weighted by Gasteiger charge is 2.11. The number of para-hydroxylation sites is 1. The molecule has 0 atom stereocenters. The Kier molecular flexibility index (Phi) is 9.59. The highest BCUT2D eigenvalue weighted by molar-refractivity contribution is 6.01. The average Bonchev–Trinajstić information content (AvgIpc) is 2.79. The van der Waals surface area contributed by atoms with E-state index in [1.54, 1.807) is 37.4 Å². The normalized spacial score (nSPS) is 10.7. The molecular formula is C23H25N3O5. The first-order chi connectivity index (χ1) is 15.1. The predicted molar refractivity (Wildman–Crippen MR) is 117 cm³/mol. The number of carbonyl (C=O) groups is 2. The Morgan fingerprint density at radius 2 is 1.87 bits per heavy atom. The molecule has 2 aromatic rings. The van der Waals surface area contributed by atoms with Gasteiger partial charge >= 0.3 is 0 Å². The van der Waals surface area contributed by atoms with Crippen molar-refractivity contribution in [3.63, 3.8) is 0 Å². The zero-order valence-electron chi connectivity index (χ0n) is 17.5. The first kappa shape index (κ1) is 23.4. The number of rotatable bonds is 11. The molecule has 8 nitrogen and oxygen atoms in total. The highest BCUT2D eigenvalue weighted by atomic mass is 16.5. The minimum atomic E-state index is -0.463. The lowest BCUT2D eigenvalue weighted by atomic mass is 10.1. The summed E-state index contributed by atoms with van der Waals surface area (Å²) in [5.41, 5.74) is 1.23. The van der Waals surface area contributed by atoms with Gasteiger partial charge in [0.2, 0.25) is 0 Å². The van der Waals surface area contributed by atoms with Crippen LogP contribution in [0.1, 0.15) is 12.0 Å². The first-order valence-corrected chi connectivity index (χ1v) is 9.62. The fraction of sp³-hybridized carbons (Fsp3) is 0.261. The van der Waals surface area contributed by atoms with Gasteiger partial charge in [0.05, 0.1) is 7.11 Å². The monoisotopic (exact) mass is 423 g/mol. The van der Waals surface area contributed by atoms with Crippen molar-refractivity contribution in [3.05, 3.63) is 59.7 Å². The molecule has 2 amide bonds. The van der Waals surface area contributed by atoms with Gasteiger partial charge in [-0.05, 0) is 42.3 Å². The molecule has 2 aromatic carbocycles. The molecule has 0 aliphatic rings. The van der Waals surface area contributed by atoms with E-state index in [2.05, 4.69) is 10.6 Å². The number of ether oxygens (including phenoxy) is 3. The standard InChI is InChI=1S/C23H25N3O5/c1-29-12-6-11-25-23(28)18(15-24)13-17-9-10-20(21(14-17)30-2)31-16-22(27)26-19-7-4-3-5-8-19/h3-5,7-10,13-14H,6,11-12,16H2,1-2H3,(H,25,28)(H,26,27)/b18-13+. The molecule has 0 unspecified atom stereocenters. The number of nitrogens with one attached hydrogen (secondary N) is 2. The number of nitriles is 1. The van der Waals surface area contributed by atoms with Crippen molar-refractivity contribution in [2.24, 2.45) is 0 Å². The Balaban J connectivity index is 2.01. The molecule has 0 aromatic heterocycles. The lowest BCUT2D eigenvalue weighted by Gasteiger charge is -2.12. The maximum atomic E-state index is 12.1. The number of anilines is 1. The molecule has 0 bridgehead atoms. The van der Waals surface area contributed by atoms with Crippen LogP contribution in [0.2, 0.25) is 0 Å². The molecule has 162 valence electrons. The lowest BCUT2D eigenvalue weighted by molar-refractivity contribution is -0.118. The van der Waals surface area contributed by atoms with Crippen molar-refractivity contribution in [1.82, 2.24) is 5.32 Å². The molecule has 0 aliphatic heterocycles. The summed E-state index contributed by atoms with van der Waals surface area (Å²) in [6.07, 6.45) is 2.11. The fourth-order valence-corrected chi connectivity index (χ4v) is 2.58. The minimum absolute atomic E-state index is 0.0321. The van der Waals surface area contributed by atoms with E-state index >= 15 is 0 Å². The summed E-state index contributed by atoms with van der Waals surface area (Å²) in [4.78, 5) is 24.2. The van der Waals surface area contributed by atoms with E-state index in [-0.39, 0.29) is 18.1 Å². The predicted octanol–water partition coefficient (Wildman–Crippen LogP) is 2.77. The smallest absolute Gasteiger partial charge is 0.262 e. The zero-order chi connectivity index (χ0) is 22.5. The van der Waals surface area contributed by atoms with Crippen LogP contribution in [0, 0.1) is 11.3 Å². The number of hydrogen-bond acceptors (Lipinski definition) is 6. The van der Waals surface area contributed by atoms with Crippen LogP contribution in [-0.2, 0) is 14.3 Å². The van der Waals surface area contributed by atoms with Crippen LogP contribution >= 0.6 is 0 Å². The van der Waals surface area contributed by atoms with E-state index in [0.717, 1.165) is 0 Å². The van der Waals surface area contributed by atoms with Crippen LogP contribution < -0.4 is 20.1 Å². The van der Waals surface area contributed by atoms with Gasteiger partial charge in [0.25, 0.3) is 11.8 Å². The largest absolute Gasteiger partial charge is 0.493 e. The van der Waals surface area contributed by atoms with Crippen LogP contribution in [0.3, 0.4) is 0 Å². The lowest BCUT2D eigenvalue weighted by Crippen LogP contribution is -2.26. The molecule has 8 heteroatoms. The van der Waals surface area contributed by atoms with Crippen LogP contribution in [-0.4, -0.2) is 45.8 Å². The quantitative estimate of drug-likeness (QED) is 0.327. The van der Waals surface area contributed by atoms with E-state index in [1.807, 2.05) is 24.3 Å². The molecule has 0 fully saturated rings. The zero-order valence-corrected chi connectivity index (χ0v) is 17.5. The third-order valence-corrected chi connectivity index (χ3v) is 4.09. The molecule has 31 heavy (non-hydrogen) atoms. The summed E-state index contributed by atoms with van der Waals surface area (Å²) in [6.45, 7) is 0.731. The van der Waals surface area contributed by atoms with Crippen LogP contribution in [0.15, 0.2) is 54.1 Å². The number of benzene rings is 2. The van der Waals surface area contributed by atoms with Gasteiger partial charge in [0.15, 0.2) is 18.1 Å². The Bertz CT molecular complexity index is 951. The maximum absolute atomic E-state index is 12.1. The summed E-state index contributed by atoms with van der Waals surface area (Å²) < 4.78 is 15.8. The summed E-state index contributed by atoms with van der Waals surface area (Å²) in [5, 5.41) is 14.7. The number of methoxy groups -OCH3 is 2. The van der Waals surface area contributed by atoms with Crippen molar-refractivity contribution in [1.29, 1.82) is 5.26 Å². The third-order valence-electron chi connectivity index (χ3n) is 4.09. The number of nitrogens with zero attached hydrogens (tertiary/aromatic N) is 1. The van der Waals surface area contributed by atoms with E-state index in [4.69, 9.17) is 14.2 Å². The maximum Gasteiger partial charge on any atom is 0.262 e. The Labute approximate surface area is 181 Å². The summed E-state index contributed by atoms with van der Waals surface area (Å²) >= 11 is 0. The van der Waals surface area contributed by atoms with Crippen molar-refractivity contribution in [2.45, 2.75) is 6.42 Å². The summed E-state index contributed by atoms with van der Waals surface area (Å²) in [6, 6.07) is 15.9. The molecule has 2 N–H and O–H groups in total. The second-order valence-electron chi connectivity index (χ2n) is 6.39. The molecule has 0 aliphatic carbocycles. The van der Waals surface area contributed by atoms with Crippen molar-refractivity contribution >= 4 is 23.6 Å². The molecular weight excluding hydrogens is 398 g/mol. The second kappa shape index (κ2) is 12.7. The van der Waals surface area contributed by atoms with Gasteiger partial charge in [-0.3, -0.25) is 9.59 Å². The van der Waals surface area contributed by atoms with Crippen molar-refractivity contribution in [2.75, 3.05) is 39.3 Å². The van der Waals surface area contributed by atoms with Crippen molar-refractivity contribution < 1.29 is 23.8 Å². The second-order valence-corrected chi connectivity index (χ2v) is 6.39. The number of hydrogen-bond donors (Lipinski definition) is 2.